The van der Waals surface area contributed by atoms with Gasteiger partial charge in [-0.1, -0.05) is 57.4 Å². The van der Waals surface area contributed by atoms with Crippen molar-refractivity contribution in [1.29, 1.82) is 0 Å². The summed E-state index contributed by atoms with van der Waals surface area (Å²) in [6.07, 6.45) is 18.6. The minimum absolute atomic E-state index is 0.0352. The lowest BCUT2D eigenvalue weighted by atomic mass is 9.32. The zero-order valence-electron chi connectivity index (χ0n) is 31.7. The maximum Gasteiger partial charge on any atom is 0.227 e. The number of aliphatic hydroxyl groups is 2. The van der Waals surface area contributed by atoms with E-state index in [4.69, 9.17) is 14.2 Å². The number of hydrogen-bond donors (Lipinski definition) is 2. The molecule has 0 saturated heterocycles. The van der Waals surface area contributed by atoms with Crippen molar-refractivity contribution < 1.29 is 34.0 Å². The van der Waals surface area contributed by atoms with E-state index in [0.717, 1.165) is 68.9 Å². The minimum atomic E-state index is -1.11. The van der Waals surface area contributed by atoms with E-state index in [1.54, 1.807) is 21.3 Å². The number of allylic oxidation sites excluding steroid dienone is 4. The number of methoxy groups -OCH3 is 3. The van der Waals surface area contributed by atoms with Crippen molar-refractivity contribution in [2.24, 2.45) is 39.4 Å². The average molecular weight is 704 g/mol. The number of fused-ring (bicyclic) bond motifs is 1. The molecule has 1 aromatic rings. The summed E-state index contributed by atoms with van der Waals surface area (Å²) >= 11 is 0. The molecule has 8 atom stereocenters. The number of rotatable bonds is 12. The second-order valence-electron chi connectivity index (χ2n) is 17.5. The number of carbonyl (C=O) groups excluding carboxylic acids is 2. The number of aliphatic hydroxyl groups excluding tert-OH is 1. The number of carbonyl (C=O) groups is 2. The van der Waals surface area contributed by atoms with Gasteiger partial charge in [-0.3, -0.25) is 9.59 Å². The Morgan fingerprint density at radius 2 is 1.59 bits per heavy atom. The molecule has 2 bridgehead atoms. The second-order valence-corrected chi connectivity index (χ2v) is 17.5. The molecule has 1 amide bonds. The Labute approximate surface area is 305 Å². The number of Topliss-reactive ketones (excluding diaryl/α,β-unsaturated/α-hetero) is 1. The lowest BCUT2D eigenvalue weighted by Gasteiger charge is -2.71. The standard InChI is InChI=1S/C43H61NO7/c1-39-17-14-31(45)26-41(39)20-21-43(32(27-41)38(47)30-10-7-6-8-11-30)35(39)15-18-40(2)36(43)16-19-42(40,48)28-44(22-9-23-49-3)37(46)25-29-12-13-33(50-4)34(24-29)51-5/h12-13,20-21,24,27,30-31,35-36,45,48H,6-11,14-19,22-23,25-26,28H2,1-5H3/t31?,35-,36-,39-,40+,41+,42-,43-/m1/s1. The molecule has 1 aromatic carbocycles. The quantitative estimate of drug-likeness (QED) is 0.181. The molecule has 0 aromatic heterocycles. The van der Waals surface area contributed by atoms with Gasteiger partial charge in [0.2, 0.25) is 5.91 Å². The first-order valence-electron chi connectivity index (χ1n) is 19.8. The van der Waals surface area contributed by atoms with Gasteiger partial charge in [-0.25, -0.2) is 0 Å². The molecule has 4 fully saturated rings. The van der Waals surface area contributed by atoms with E-state index in [0.29, 0.717) is 49.7 Å². The normalized spacial score (nSPS) is 38.3. The van der Waals surface area contributed by atoms with Crippen molar-refractivity contribution in [2.45, 2.75) is 115 Å². The first-order chi connectivity index (χ1) is 24.4. The van der Waals surface area contributed by atoms with E-state index in [1.165, 1.54) is 6.42 Å². The van der Waals surface area contributed by atoms with Crippen LogP contribution >= 0.6 is 0 Å². The highest BCUT2D eigenvalue weighted by atomic mass is 16.5. The van der Waals surface area contributed by atoms with Crippen LogP contribution in [0.4, 0.5) is 0 Å². The Balaban J connectivity index is 1.23. The molecule has 8 rings (SSSR count). The summed E-state index contributed by atoms with van der Waals surface area (Å²) in [5, 5.41) is 24.1. The van der Waals surface area contributed by atoms with Gasteiger partial charge in [0, 0.05) is 54.5 Å². The Morgan fingerprint density at radius 1 is 0.882 bits per heavy atom. The summed E-state index contributed by atoms with van der Waals surface area (Å²) in [5.41, 5.74) is -0.596. The molecule has 0 radical (unpaired) electrons. The summed E-state index contributed by atoms with van der Waals surface area (Å²) in [6.45, 7) is 5.98. The van der Waals surface area contributed by atoms with Crippen LogP contribution in [-0.2, 0) is 20.7 Å². The molecule has 51 heavy (non-hydrogen) atoms. The first kappa shape index (κ1) is 36.7. The predicted octanol–water partition coefficient (Wildman–Crippen LogP) is 6.85. The number of amides is 1. The van der Waals surface area contributed by atoms with Gasteiger partial charge in [-0.2, -0.15) is 0 Å². The van der Waals surface area contributed by atoms with Crippen molar-refractivity contribution in [3.8, 4) is 11.5 Å². The average Bonchev–Trinajstić information content (AvgIpc) is 3.41. The van der Waals surface area contributed by atoms with Gasteiger partial charge in [-0.15, -0.1) is 0 Å². The molecule has 8 heteroatoms. The fourth-order valence-corrected chi connectivity index (χ4v) is 12.5. The number of ketones is 1. The van der Waals surface area contributed by atoms with Crippen LogP contribution < -0.4 is 9.47 Å². The lowest BCUT2D eigenvalue weighted by molar-refractivity contribution is -0.181. The van der Waals surface area contributed by atoms with E-state index in [9.17, 15) is 19.8 Å². The molecular formula is C43H61NO7. The van der Waals surface area contributed by atoms with Crippen LogP contribution in [0.3, 0.4) is 0 Å². The molecule has 7 aliphatic rings. The molecule has 4 saturated carbocycles. The molecule has 1 unspecified atom stereocenters. The summed E-state index contributed by atoms with van der Waals surface area (Å²) in [6, 6.07) is 5.58. The van der Waals surface area contributed by atoms with Crippen molar-refractivity contribution in [2.75, 3.05) is 41.0 Å². The fraction of sp³-hybridized carbons (Fsp3) is 0.721. The van der Waals surface area contributed by atoms with Gasteiger partial charge >= 0.3 is 0 Å². The van der Waals surface area contributed by atoms with E-state index >= 15 is 0 Å². The van der Waals surface area contributed by atoms with E-state index in [-0.39, 0.29) is 53.6 Å². The lowest BCUT2D eigenvalue weighted by Crippen LogP contribution is -2.67. The summed E-state index contributed by atoms with van der Waals surface area (Å²) in [4.78, 5) is 30.9. The van der Waals surface area contributed by atoms with Gasteiger partial charge in [-0.05, 0) is 99.2 Å². The highest BCUT2D eigenvalue weighted by molar-refractivity contribution is 6.00. The maximum absolute atomic E-state index is 14.9. The van der Waals surface area contributed by atoms with Gasteiger partial charge in [0.25, 0.3) is 0 Å². The van der Waals surface area contributed by atoms with Crippen molar-refractivity contribution >= 4 is 11.7 Å². The number of ether oxygens (including phenoxy) is 3. The van der Waals surface area contributed by atoms with Gasteiger partial charge < -0.3 is 29.3 Å². The molecule has 8 nitrogen and oxygen atoms in total. The van der Waals surface area contributed by atoms with Crippen LogP contribution in [0.15, 0.2) is 42.0 Å². The smallest absolute Gasteiger partial charge is 0.227 e. The van der Waals surface area contributed by atoms with Crippen molar-refractivity contribution in [3.05, 3.63) is 47.6 Å². The Hall–Kier alpha value is -2.68. The topological polar surface area (TPSA) is 106 Å². The molecule has 7 aliphatic carbocycles. The van der Waals surface area contributed by atoms with Gasteiger partial charge in [0.05, 0.1) is 32.3 Å². The monoisotopic (exact) mass is 703 g/mol. The number of hydrogen-bond acceptors (Lipinski definition) is 7. The highest BCUT2D eigenvalue weighted by Gasteiger charge is 2.74. The molecule has 0 heterocycles. The van der Waals surface area contributed by atoms with Gasteiger partial charge in [0.1, 0.15) is 0 Å². The van der Waals surface area contributed by atoms with Crippen LogP contribution in [0, 0.1) is 39.4 Å². The fourth-order valence-electron chi connectivity index (χ4n) is 12.5. The van der Waals surface area contributed by atoms with Crippen LogP contribution in [0.25, 0.3) is 0 Å². The van der Waals surface area contributed by atoms with Gasteiger partial charge in [0.15, 0.2) is 17.3 Å². The number of nitrogens with zero attached hydrogens (tertiary/aromatic N) is 1. The Bertz CT molecular complexity index is 1560. The third kappa shape index (κ3) is 5.64. The maximum atomic E-state index is 14.9. The highest BCUT2D eigenvalue weighted by Crippen LogP contribution is 2.78. The van der Waals surface area contributed by atoms with Crippen molar-refractivity contribution in [3.63, 3.8) is 0 Å². The van der Waals surface area contributed by atoms with E-state index in [2.05, 4.69) is 32.1 Å². The molecule has 0 aliphatic heterocycles. The first-order valence-corrected chi connectivity index (χ1v) is 19.8. The van der Waals surface area contributed by atoms with E-state index in [1.807, 2.05) is 23.1 Å². The zero-order valence-corrected chi connectivity index (χ0v) is 31.7. The number of benzene rings is 1. The largest absolute Gasteiger partial charge is 0.493 e. The second kappa shape index (κ2) is 13.6. The van der Waals surface area contributed by atoms with Crippen LogP contribution in [0.5, 0.6) is 11.5 Å². The third-order valence-corrected chi connectivity index (χ3v) is 15.3. The van der Waals surface area contributed by atoms with E-state index < -0.39 is 16.4 Å². The Morgan fingerprint density at radius 3 is 2.31 bits per heavy atom. The SMILES string of the molecule is COCCCN(C[C@]1(O)CC[C@H]2[C@]34C=C[C@@]5(C=C3C(=O)C3CCCCC3)CC(O)CC[C@]5(C)[C@H]4CC[C@@]21C)C(=O)Cc1ccc(OC)c(OC)c1. The molecule has 2 N–H and O–H groups in total. The van der Waals surface area contributed by atoms with Crippen LogP contribution in [0.1, 0.15) is 103 Å². The minimum Gasteiger partial charge on any atom is -0.493 e. The predicted molar refractivity (Wildman–Crippen MR) is 196 cm³/mol. The zero-order chi connectivity index (χ0) is 36.2. The van der Waals surface area contributed by atoms with Crippen LogP contribution in [0.2, 0.25) is 0 Å². The third-order valence-electron chi connectivity index (χ3n) is 15.3. The summed E-state index contributed by atoms with van der Waals surface area (Å²) < 4.78 is 16.3. The molecule has 280 valence electrons. The molecular weight excluding hydrogens is 642 g/mol. The summed E-state index contributed by atoms with van der Waals surface area (Å²) in [5.74, 6) is 1.91. The van der Waals surface area contributed by atoms with Crippen LogP contribution in [-0.4, -0.2) is 79.5 Å². The molecule has 2 spiro atoms. The Kier molecular flexibility index (Phi) is 9.80. The van der Waals surface area contributed by atoms with Crippen molar-refractivity contribution in [1.82, 2.24) is 4.90 Å². The summed E-state index contributed by atoms with van der Waals surface area (Å²) in [7, 11) is 4.87.